The number of hydrogen-bond donors (Lipinski definition) is 1. The molecule has 19 heavy (non-hydrogen) atoms. The van der Waals surface area contributed by atoms with Gasteiger partial charge in [-0.05, 0) is 36.0 Å². The lowest BCUT2D eigenvalue weighted by Crippen LogP contribution is -2.16. The molecule has 0 saturated heterocycles. The summed E-state index contributed by atoms with van der Waals surface area (Å²) >= 11 is 1.88. The van der Waals surface area contributed by atoms with Gasteiger partial charge in [0.05, 0.1) is 6.54 Å². The smallest absolute Gasteiger partial charge is 0.161 e. The van der Waals surface area contributed by atoms with E-state index in [1.165, 1.54) is 12.0 Å². The number of aliphatic imine (C=N–C) groups is 1. The van der Waals surface area contributed by atoms with Crippen molar-refractivity contribution in [2.45, 2.75) is 45.8 Å². The van der Waals surface area contributed by atoms with E-state index in [4.69, 9.17) is 0 Å². The maximum atomic E-state index is 4.61. The standard InChI is InChI=1S/C16H24N2S/c1-5-12-6-8-13(9-7-12)18-15-17-11-14(19-15)10-16(2,3)4/h6-9,14H,5,10-11H2,1-4H3,(H,17,18). The molecule has 0 aromatic heterocycles. The minimum absolute atomic E-state index is 0.380. The number of rotatable bonds is 3. The van der Waals surface area contributed by atoms with Crippen LogP contribution in [0.5, 0.6) is 0 Å². The van der Waals surface area contributed by atoms with Crippen molar-refractivity contribution >= 4 is 22.6 Å². The van der Waals surface area contributed by atoms with Crippen molar-refractivity contribution in [3.63, 3.8) is 0 Å². The molecule has 0 aliphatic carbocycles. The second-order valence-electron chi connectivity index (χ2n) is 6.33. The predicted molar refractivity (Wildman–Crippen MR) is 87.2 cm³/mol. The molecule has 1 aliphatic rings. The van der Waals surface area contributed by atoms with E-state index in [0.717, 1.165) is 23.8 Å². The third kappa shape index (κ3) is 4.57. The third-order valence-electron chi connectivity index (χ3n) is 3.17. The van der Waals surface area contributed by atoms with Crippen molar-refractivity contribution in [3.05, 3.63) is 29.8 Å². The Balaban J connectivity index is 1.87. The average molecular weight is 276 g/mol. The molecule has 1 heterocycles. The zero-order valence-corrected chi connectivity index (χ0v) is 13.2. The zero-order chi connectivity index (χ0) is 13.9. The van der Waals surface area contributed by atoms with Gasteiger partial charge in [0, 0.05) is 10.9 Å². The van der Waals surface area contributed by atoms with E-state index < -0.39 is 0 Å². The summed E-state index contributed by atoms with van der Waals surface area (Å²) in [4.78, 5) is 4.61. The Bertz CT molecular complexity index is 443. The number of nitrogens with zero attached hydrogens (tertiary/aromatic N) is 1. The van der Waals surface area contributed by atoms with Gasteiger partial charge in [-0.25, -0.2) is 0 Å². The van der Waals surface area contributed by atoms with E-state index in [1.807, 2.05) is 11.8 Å². The first-order valence-electron chi connectivity index (χ1n) is 7.03. The largest absolute Gasteiger partial charge is 0.335 e. The van der Waals surface area contributed by atoms with Gasteiger partial charge < -0.3 is 5.32 Å². The average Bonchev–Trinajstić information content (AvgIpc) is 2.75. The molecule has 0 saturated carbocycles. The summed E-state index contributed by atoms with van der Waals surface area (Å²) in [6, 6.07) is 8.63. The van der Waals surface area contributed by atoms with Crippen LogP contribution in [0.3, 0.4) is 0 Å². The quantitative estimate of drug-likeness (QED) is 0.874. The molecule has 0 fully saturated rings. The molecule has 1 unspecified atom stereocenters. The van der Waals surface area contributed by atoms with Crippen LogP contribution in [0.1, 0.15) is 39.7 Å². The van der Waals surface area contributed by atoms with Crippen LogP contribution in [0.2, 0.25) is 0 Å². The number of benzene rings is 1. The van der Waals surface area contributed by atoms with Gasteiger partial charge in [0.15, 0.2) is 5.17 Å². The van der Waals surface area contributed by atoms with Crippen molar-refractivity contribution in [2.24, 2.45) is 10.4 Å². The highest BCUT2D eigenvalue weighted by atomic mass is 32.2. The SMILES string of the molecule is CCc1ccc(NC2=NCC(CC(C)(C)C)S2)cc1. The van der Waals surface area contributed by atoms with E-state index in [0.29, 0.717) is 10.7 Å². The summed E-state index contributed by atoms with van der Waals surface area (Å²) in [5.41, 5.74) is 2.89. The number of aryl methyl sites for hydroxylation is 1. The number of thioether (sulfide) groups is 1. The van der Waals surface area contributed by atoms with Gasteiger partial charge in [-0.3, -0.25) is 4.99 Å². The van der Waals surface area contributed by atoms with Gasteiger partial charge in [-0.15, -0.1) is 0 Å². The lowest BCUT2D eigenvalue weighted by Gasteiger charge is -2.21. The Morgan fingerprint density at radius 2 is 1.95 bits per heavy atom. The highest BCUT2D eigenvalue weighted by Gasteiger charge is 2.24. The maximum Gasteiger partial charge on any atom is 0.161 e. The maximum absolute atomic E-state index is 4.61. The van der Waals surface area contributed by atoms with Crippen LogP contribution in [-0.4, -0.2) is 17.0 Å². The topological polar surface area (TPSA) is 24.4 Å². The summed E-state index contributed by atoms with van der Waals surface area (Å²) in [5.74, 6) is 0. The number of anilines is 1. The van der Waals surface area contributed by atoms with Crippen LogP contribution in [0.25, 0.3) is 0 Å². The lowest BCUT2D eigenvalue weighted by molar-refractivity contribution is 0.375. The van der Waals surface area contributed by atoms with Gasteiger partial charge >= 0.3 is 0 Å². The second kappa shape index (κ2) is 6.00. The molecule has 0 radical (unpaired) electrons. The van der Waals surface area contributed by atoms with Crippen molar-refractivity contribution in [1.82, 2.24) is 0 Å². The molecule has 2 rings (SSSR count). The second-order valence-corrected chi connectivity index (χ2v) is 7.62. The third-order valence-corrected chi connectivity index (χ3v) is 4.27. The first-order valence-corrected chi connectivity index (χ1v) is 7.91. The first kappa shape index (κ1) is 14.4. The fraction of sp³-hybridized carbons (Fsp3) is 0.562. The van der Waals surface area contributed by atoms with Crippen molar-refractivity contribution in [1.29, 1.82) is 0 Å². The van der Waals surface area contributed by atoms with Crippen LogP contribution in [0.4, 0.5) is 5.69 Å². The van der Waals surface area contributed by atoms with E-state index in [2.05, 4.69) is 62.3 Å². The van der Waals surface area contributed by atoms with E-state index in [-0.39, 0.29) is 0 Å². The molecule has 1 aromatic carbocycles. The summed E-state index contributed by atoms with van der Waals surface area (Å²) in [6.45, 7) is 10.0. The fourth-order valence-corrected chi connectivity index (χ4v) is 3.60. The van der Waals surface area contributed by atoms with Crippen molar-refractivity contribution in [2.75, 3.05) is 11.9 Å². The van der Waals surface area contributed by atoms with Crippen LogP contribution in [0, 0.1) is 5.41 Å². The summed E-state index contributed by atoms with van der Waals surface area (Å²) in [7, 11) is 0. The molecule has 1 aromatic rings. The minimum Gasteiger partial charge on any atom is -0.335 e. The molecular formula is C16H24N2S. The van der Waals surface area contributed by atoms with Gasteiger partial charge in [0.1, 0.15) is 0 Å². The summed E-state index contributed by atoms with van der Waals surface area (Å²) in [5, 5.41) is 5.11. The van der Waals surface area contributed by atoms with Crippen LogP contribution >= 0.6 is 11.8 Å². The van der Waals surface area contributed by atoms with Gasteiger partial charge in [0.25, 0.3) is 0 Å². The molecule has 1 N–H and O–H groups in total. The Hall–Kier alpha value is -0.960. The molecule has 3 heteroatoms. The van der Waals surface area contributed by atoms with Crippen molar-refractivity contribution in [3.8, 4) is 0 Å². The monoisotopic (exact) mass is 276 g/mol. The Labute approximate surface area is 121 Å². The first-order chi connectivity index (χ1) is 8.96. The number of nitrogens with one attached hydrogen (secondary N) is 1. The molecule has 2 nitrogen and oxygen atoms in total. The molecular weight excluding hydrogens is 252 g/mol. The molecule has 0 amide bonds. The Kier molecular flexibility index (Phi) is 4.56. The van der Waals surface area contributed by atoms with Crippen LogP contribution < -0.4 is 5.32 Å². The van der Waals surface area contributed by atoms with Crippen molar-refractivity contribution < 1.29 is 0 Å². The lowest BCUT2D eigenvalue weighted by atomic mass is 9.90. The molecule has 1 atom stereocenters. The van der Waals surface area contributed by atoms with Gasteiger partial charge in [0.2, 0.25) is 0 Å². The molecule has 1 aliphatic heterocycles. The predicted octanol–water partition coefficient (Wildman–Crippen LogP) is 4.57. The molecule has 0 spiro atoms. The summed E-state index contributed by atoms with van der Waals surface area (Å²) < 4.78 is 0. The highest BCUT2D eigenvalue weighted by Crippen LogP contribution is 2.32. The van der Waals surface area contributed by atoms with Gasteiger partial charge in [-0.1, -0.05) is 51.6 Å². The highest BCUT2D eigenvalue weighted by molar-refractivity contribution is 8.15. The zero-order valence-electron chi connectivity index (χ0n) is 12.4. The Morgan fingerprint density at radius 1 is 1.26 bits per heavy atom. The Morgan fingerprint density at radius 3 is 2.53 bits per heavy atom. The normalized spacial score (nSPS) is 19.4. The fourth-order valence-electron chi connectivity index (χ4n) is 2.22. The van der Waals surface area contributed by atoms with E-state index in [9.17, 15) is 0 Å². The molecule has 0 bridgehead atoms. The summed E-state index contributed by atoms with van der Waals surface area (Å²) in [6.07, 6.45) is 2.30. The van der Waals surface area contributed by atoms with Gasteiger partial charge in [-0.2, -0.15) is 0 Å². The number of hydrogen-bond acceptors (Lipinski definition) is 3. The minimum atomic E-state index is 0.380. The van der Waals surface area contributed by atoms with Crippen LogP contribution in [0.15, 0.2) is 29.3 Å². The molecule has 104 valence electrons. The van der Waals surface area contributed by atoms with Crippen LogP contribution in [-0.2, 0) is 6.42 Å². The van der Waals surface area contributed by atoms with E-state index >= 15 is 0 Å². The van der Waals surface area contributed by atoms with E-state index in [1.54, 1.807) is 0 Å². The number of amidine groups is 1.